The van der Waals surface area contributed by atoms with Gasteiger partial charge in [-0.25, -0.2) is 4.79 Å². The van der Waals surface area contributed by atoms with Crippen LogP contribution in [0.2, 0.25) is 0 Å². The molecule has 0 spiro atoms. The highest BCUT2D eigenvalue weighted by molar-refractivity contribution is 5.90. The largest absolute Gasteiger partial charge is 0.507 e. The number of phenols is 1. The number of carbonyl (C=O) groups excluding carboxylic acids is 1. The first-order valence-corrected chi connectivity index (χ1v) is 4.20. The van der Waals surface area contributed by atoms with Crippen LogP contribution in [0.4, 0.5) is 0 Å². The topological polar surface area (TPSA) is 66.8 Å². The van der Waals surface area contributed by atoms with E-state index in [0.29, 0.717) is 5.56 Å². The SMILES string of the molecule is COC(=O)c1ccc(C#CCO)c(O)c1. The molecule has 1 rings (SSSR count). The number of aromatic hydroxyl groups is 1. The van der Waals surface area contributed by atoms with Gasteiger partial charge in [0.2, 0.25) is 0 Å². The van der Waals surface area contributed by atoms with Gasteiger partial charge in [-0.3, -0.25) is 0 Å². The van der Waals surface area contributed by atoms with Gasteiger partial charge < -0.3 is 14.9 Å². The van der Waals surface area contributed by atoms with E-state index in [0.717, 1.165) is 0 Å². The number of phenolic OH excluding ortho intramolecular Hbond substituents is 1. The average molecular weight is 206 g/mol. The maximum Gasteiger partial charge on any atom is 0.337 e. The molecule has 0 atom stereocenters. The molecule has 0 radical (unpaired) electrons. The molecular weight excluding hydrogens is 196 g/mol. The molecule has 0 aliphatic rings. The summed E-state index contributed by atoms with van der Waals surface area (Å²) in [5.74, 6) is 4.31. The fourth-order valence-electron chi connectivity index (χ4n) is 1.02. The fraction of sp³-hybridized carbons (Fsp3) is 0.182. The zero-order valence-electron chi connectivity index (χ0n) is 8.15. The molecule has 0 heterocycles. The molecule has 78 valence electrons. The number of hydrogen-bond acceptors (Lipinski definition) is 4. The molecule has 0 saturated carbocycles. The van der Waals surface area contributed by atoms with Crippen LogP contribution in [0, 0.1) is 11.8 Å². The second kappa shape index (κ2) is 5.03. The van der Waals surface area contributed by atoms with Gasteiger partial charge in [0, 0.05) is 0 Å². The van der Waals surface area contributed by atoms with Crippen molar-refractivity contribution in [3.05, 3.63) is 29.3 Å². The first kappa shape index (κ1) is 11.1. The summed E-state index contributed by atoms with van der Waals surface area (Å²) in [6, 6.07) is 4.25. The lowest BCUT2D eigenvalue weighted by Gasteiger charge is -2.01. The molecule has 0 aliphatic heterocycles. The molecule has 15 heavy (non-hydrogen) atoms. The number of methoxy groups -OCH3 is 1. The van der Waals surface area contributed by atoms with Crippen molar-refractivity contribution in [2.24, 2.45) is 0 Å². The Labute approximate surface area is 87.1 Å². The van der Waals surface area contributed by atoms with Crippen LogP contribution in [0.25, 0.3) is 0 Å². The Kier molecular flexibility index (Phi) is 3.72. The first-order valence-electron chi connectivity index (χ1n) is 4.20. The molecular formula is C11H10O4. The Morgan fingerprint density at radius 2 is 2.27 bits per heavy atom. The molecule has 0 aliphatic carbocycles. The van der Waals surface area contributed by atoms with Gasteiger partial charge in [-0.05, 0) is 18.2 Å². The lowest BCUT2D eigenvalue weighted by atomic mass is 10.1. The van der Waals surface area contributed by atoms with Gasteiger partial charge in [0.25, 0.3) is 0 Å². The minimum Gasteiger partial charge on any atom is -0.507 e. The summed E-state index contributed by atoms with van der Waals surface area (Å²) in [4.78, 5) is 11.1. The van der Waals surface area contributed by atoms with Gasteiger partial charge in [-0.2, -0.15) is 0 Å². The van der Waals surface area contributed by atoms with Crippen LogP contribution >= 0.6 is 0 Å². The second-order valence-electron chi connectivity index (χ2n) is 2.68. The van der Waals surface area contributed by atoms with E-state index in [2.05, 4.69) is 16.6 Å². The zero-order valence-corrected chi connectivity index (χ0v) is 8.15. The van der Waals surface area contributed by atoms with Crippen LogP contribution in [0.5, 0.6) is 5.75 Å². The van der Waals surface area contributed by atoms with Crippen LogP contribution in [0.1, 0.15) is 15.9 Å². The molecule has 0 aromatic heterocycles. The van der Waals surface area contributed by atoms with E-state index in [1.165, 1.54) is 25.3 Å². The van der Waals surface area contributed by atoms with Crippen LogP contribution in [0.3, 0.4) is 0 Å². The Hall–Kier alpha value is -1.99. The quantitative estimate of drug-likeness (QED) is 0.519. The molecule has 1 aromatic carbocycles. The minimum atomic E-state index is -0.521. The third kappa shape index (κ3) is 2.73. The number of hydrogen-bond donors (Lipinski definition) is 2. The lowest BCUT2D eigenvalue weighted by Crippen LogP contribution is -2.00. The number of aliphatic hydroxyl groups is 1. The van der Waals surface area contributed by atoms with Crippen LogP contribution in [-0.2, 0) is 4.74 Å². The van der Waals surface area contributed by atoms with Gasteiger partial charge in [0.15, 0.2) is 0 Å². The van der Waals surface area contributed by atoms with Crippen molar-refractivity contribution < 1.29 is 19.7 Å². The highest BCUT2D eigenvalue weighted by Gasteiger charge is 2.07. The molecule has 1 aromatic rings. The Morgan fingerprint density at radius 3 is 2.80 bits per heavy atom. The number of esters is 1. The summed E-state index contributed by atoms with van der Waals surface area (Å²) in [7, 11) is 1.26. The third-order valence-electron chi connectivity index (χ3n) is 1.72. The van der Waals surface area contributed by atoms with Crippen LogP contribution in [0.15, 0.2) is 18.2 Å². The van der Waals surface area contributed by atoms with Gasteiger partial charge in [0.05, 0.1) is 18.2 Å². The van der Waals surface area contributed by atoms with E-state index < -0.39 is 5.97 Å². The molecule has 0 fully saturated rings. The van der Waals surface area contributed by atoms with Crippen molar-refractivity contribution in [2.45, 2.75) is 0 Å². The Bertz CT molecular complexity index is 426. The molecule has 2 N–H and O–H groups in total. The normalized spacial score (nSPS) is 8.93. The van der Waals surface area contributed by atoms with Crippen LogP contribution in [-0.4, -0.2) is 29.9 Å². The summed E-state index contributed by atoms with van der Waals surface area (Å²) in [5.41, 5.74) is 0.612. The first-order chi connectivity index (χ1) is 7.19. The maximum absolute atomic E-state index is 11.1. The number of aliphatic hydroxyl groups excluding tert-OH is 1. The number of ether oxygens (including phenoxy) is 1. The predicted molar refractivity (Wildman–Crippen MR) is 53.4 cm³/mol. The molecule has 4 nitrogen and oxygen atoms in total. The highest BCUT2D eigenvalue weighted by atomic mass is 16.5. The second-order valence-corrected chi connectivity index (χ2v) is 2.68. The predicted octanol–water partition coefficient (Wildman–Crippen LogP) is 0.523. The molecule has 4 heteroatoms. The monoisotopic (exact) mass is 206 g/mol. The summed E-state index contributed by atoms with van der Waals surface area (Å²) >= 11 is 0. The van der Waals surface area contributed by atoms with Gasteiger partial charge in [-0.15, -0.1) is 0 Å². The van der Waals surface area contributed by atoms with E-state index in [4.69, 9.17) is 5.11 Å². The summed E-state index contributed by atoms with van der Waals surface area (Å²) in [5, 5.41) is 17.9. The third-order valence-corrected chi connectivity index (χ3v) is 1.72. The Balaban J connectivity index is 3.03. The lowest BCUT2D eigenvalue weighted by molar-refractivity contribution is 0.0600. The van der Waals surface area contributed by atoms with Gasteiger partial charge in [0.1, 0.15) is 12.4 Å². The van der Waals surface area contributed by atoms with E-state index in [-0.39, 0.29) is 17.9 Å². The minimum absolute atomic E-state index is 0.112. The van der Waals surface area contributed by atoms with Crippen LogP contribution < -0.4 is 0 Å². The van der Waals surface area contributed by atoms with E-state index >= 15 is 0 Å². The van der Waals surface area contributed by atoms with Gasteiger partial charge >= 0.3 is 5.97 Å². The average Bonchev–Trinajstić information content (AvgIpc) is 2.26. The van der Waals surface area contributed by atoms with Crippen molar-refractivity contribution in [3.63, 3.8) is 0 Å². The molecule has 0 unspecified atom stereocenters. The summed E-state index contributed by atoms with van der Waals surface area (Å²) in [6.45, 7) is -0.280. The number of rotatable bonds is 1. The summed E-state index contributed by atoms with van der Waals surface area (Å²) in [6.07, 6.45) is 0. The van der Waals surface area contributed by atoms with E-state index in [1.807, 2.05) is 0 Å². The van der Waals surface area contributed by atoms with E-state index in [9.17, 15) is 9.90 Å². The van der Waals surface area contributed by atoms with Crippen molar-refractivity contribution >= 4 is 5.97 Å². The fourth-order valence-corrected chi connectivity index (χ4v) is 1.02. The maximum atomic E-state index is 11.1. The molecule has 0 saturated heterocycles. The summed E-state index contributed by atoms with van der Waals surface area (Å²) < 4.78 is 4.49. The van der Waals surface area contributed by atoms with Crippen molar-refractivity contribution in [3.8, 4) is 17.6 Å². The zero-order chi connectivity index (χ0) is 11.3. The van der Waals surface area contributed by atoms with Crippen molar-refractivity contribution in [1.82, 2.24) is 0 Å². The van der Waals surface area contributed by atoms with Crippen molar-refractivity contribution in [2.75, 3.05) is 13.7 Å². The molecule has 0 amide bonds. The number of carbonyl (C=O) groups is 1. The molecule has 0 bridgehead atoms. The smallest absolute Gasteiger partial charge is 0.337 e. The van der Waals surface area contributed by atoms with E-state index in [1.54, 1.807) is 0 Å². The standard InChI is InChI=1S/C11H10O4/c1-15-11(14)9-5-4-8(3-2-6-12)10(13)7-9/h4-5,7,12-13H,6H2,1H3. The Morgan fingerprint density at radius 1 is 1.53 bits per heavy atom. The highest BCUT2D eigenvalue weighted by Crippen LogP contribution is 2.18. The van der Waals surface area contributed by atoms with Crippen molar-refractivity contribution in [1.29, 1.82) is 0 Å². The number of benzene rings is 1. The van der Waals surface area contributed by atoms with Gasteiger partial charge in [-0.1, -0.05) is 11.8 Å².